The van der Waals surface area contributed by atoms with Gasteiger partial charge in [0.1, 0.15) is 29.8 Å². The number of pyridine rings is 1. The van der Waals surface area contributed by atoms with Crippen molar-refractivity contribution in [3.63, 3.8) is 0 Å². The lowest BCUT2D eigenvalue weighted by atomic mass is 9.93. The van der Waals surface area contributed by atoms with Crippen molar-refractivity contribution in [1.82, 2.24) is 24.8 Å². The number of aromatic nitrogens is 3. The van der Waals surface area contributed by atoms with Crippen LogP contribution in [0.2, 0.25) is 0 Å². The number of allylic oxidation sites excluding steroid dienone is 4. The number of carbonyl (C=O) groups is 2. The van der Waals surface area contributed by atoms with Gasteiger partial charge in [-0.2, -0.15) is 0 Å². The molecule has 0 saturated carbocycles. The number of ether oxygens (including phenoxy) is 1. The third-order valence-corrected chi connectivity index (χ3v) is 9.33. The fourth-order valence-corrected chi connectivity index (χ4v) is 6.82. The first kappa shape index (κ1) is 29.1. The molecule has 5 heterocycles. The Morgan fingerprint density at radius 1 is 1.06 bits per heavy atom. The first-order valence-corrected chi connectivity index (χ1v) is 15.8. The number of aliphatic hydroxyl groups is 1. The van der Waals surface area contributed by atoms with Gasteiger partial charge in [0.2, 0.25) is 0 Å². The summed E-state index contributed by atoms with van der Waals surface area (Å²) in [4.78, 5) is 58.5. The molecule has 2 aromatic heterocycles. The summed E-state index contributed by atoms with van der Waals surface area (Å²) in [6.45, 7) is 1.79. The number of nitrogens with zero attached hydrogens (tertiary/aromatic N) is 4. The van der Waals surface area contributed by atoms with Crippen molar-refractivity contribution in [2.45, 2.75) is 30.9 Å². The number of carbonyl (C=O) groups excluding carboxylic acids is 2. The molecule has 4 aliphatic rings. The number of fused-ring (bicyclic) bond motifs is 5. The second-order valence-corrected chi connectivity index (χ2v) is 12.4. The summed E-state index contributed by atoms with van der Waals surface area (Å²) >= 11 is 0. The van der Waals surface area contributed by atoms with Crippen LogP contribution in [0.5, 0.6) is 5.75 Å². The van der Waals surface area contributed by atoms with Crippen molar-refractivity contribution < 1.29 is 19.4 Å². The van der Waals surface area contributed by atoms with Crippen molar-refractivity contribution >= 4 is 39.9 Å². The number of aromatic amines is 2. The van der Waals surface area contributed by atoms with E-state index in [9.17, 15) is 19.5 Å². The number of benzene rings is 2. The molecule has 238 valence electrons. The second kappa shape index (κ2) is 11.5. The fourth-order valence-electron chi connectivity index (χ4n) is 6.82. The number of hydrogen-bond acceptors (Lipinski definition) is 9. The zero-order valence-corrected chi connectivity index (χ0v) is 25.7. The van der Waals surface area contributed by atoms with E-state index < -0.39 is 11.7 Å². The molecule has 0 bridgehead atoms. The molecule has 2 aromatic carbocycles. The van der Waals surface area contributed by atoms with Gasteiger partial charge in [-0.1, -0.05) is 24.3 Å². The van der Waals surface area contributed by atoms with E-state index in [1.807, 2.05) is 43.5 Å². The fraction of sp³-hybridized carbons (Fsp3) is 0.286. The number of aliphatic imine (C=N–C) groups is 1. The van der Waals surface area contributed by atoms with Crippen molar-refractivity contribution in [3.05, 3.63) is 93.9 Å². The SMILES string of the molecule is CN1CCC(N2C(=O)c3cc4nc(-c5c(NCC(O)COc6ccc7c(c6)N=C6C=CC=CC67)cc[nH]c5=O)[nH]c4cc3C2=O)CC1. The van der Waals surface area contributed by atoms with Crippen LogP contribution in [0.25, 0.3) is 22.4 Å². The molecule has 3 aliphatic heterocycles. The monoisotopic (exact) mass is 631 g/mol. The summed E-state index contributed by atoms with van der Waals surface area (Å²) in [5.74, 6) is 0.447. The average molecular weight is 632 g/mol. The van der Waals surface area contributed by atoms with Crippen molar-refractivity contribution in [2.75, 3.05) is 38.6 Å². The highest BCUT2D eigenvalue weighted by Crippen LogP contribution is 2.40. The first-order valence-electron chi connectivity index (χ1n) is 15.8. The first-order chi connectivity index (χ1) is 22.8. The Bertz CT molecular complexity index is 2030. The van der Waals surface area contributed by atoms with Gasteiger partial charge >= 0.3 is 0 Å². The van der Waals surface area contributed by atoms with Gasteiger partial charge in [-0.3, -0.25) is 24.3 Å². The van der Waals surface area contributed by atoms with E-state index in [0.29, 0.717) is 33.6 Å². The molecule has 4 N–H and O–H groups in total. The molecule has 1 aliphatic carbocycles. The van der Waals surface area contributed by atoms with Gasteiger partial charge in [-0.15, -0.1) is 0 Å². The summed E-state index contributed by atoms with van der Waals surface area (Å²) in [7, 11) is 2.03. The third kappa shape index (κ3) is 5.15. The molecule has 8 rings (SSSR count). The van der Waals surface area contributed by atoms with Gasteiger partial charge in [0.05, 0.1) is 39.2 Å². The van der Waals surface area contributed by atoms with Crippen LogP contribution in [0.15, 0.2) is 76.7 Å². The predicted molar refractivity (Wildman–Crippen MR) is 178 cm³/mol. The minimum absolute atomic E-state index is 0.0247. The summed E-state index contributed by atoms with van der Waals surface area (Å²) in [5.41, 5.74) is 4.97. The number of likely N-dealkylation sites (tertiary alicyclic amines) is 1. The topological polar surface area (TPSA) is 156 Å². The zero-order chi connectivity index (χ0) is 32.2. The number of piperidine rings is 1. The van der Waals surface area contributed by atoms with Crippen molar-refractivity contribution in [1.29, 1.82) is 0 Å². The molecular formula is C35H33N7O5. The van der Waals surface area contributed by atoms with Crippen LogP contribution in [-0.4, -0.2) is 92.8 Å². The highest BCUT2D eigenvalue weighted by Gasteiger charge is 2.41. The number of imidazole rings is 1. The van der Waals surface area contributed by atoms with Gasteiger partial charge in [0.25, 0.3) is 17.4 Å². The number of aliphatic hydroxyl groups excluding tert-OH is 1. The Morgan fingerprint density at radius 3 is 2.70 bits per heavy atom. The Morgan fingerprint density at radius 2 is 1.87 bits per heavy atom. The van der Waals surface area contributed by atoms with E-state index in [1.165, 1.54) is 11.1 Å². The standard InChI is InChI=1S/C35H33N7O5/c1-41-12-9-19(10-13-41)42-34(45)24-15-29-30(16-25(24)35(42)46)40-32(39-29)31-27(8-11-36-33(31)44)37-17-20(43)18-47-21-6-7-23-22-4-2-3-5-26(22)38-28(23)14-21/h2-8,11,14-16,19-20,22,43H,9-10,12-13,17-18H2,1H3,(H,39,40)(H2,36,37,44). The van der Waals surface area contributed by atoms with E-state index in [0.717, 1.165) is 42.9 Å². The maximum absolute atomic E-state index is 13.4. The van der Waals surface area contributed by atoms with Crippen LogP contribution in [-0.2, 0) is 0 Å². The maximum Gasteiger partial charge on any atom is 0.261 e. The molecule has 12 nitrogen and oxygen atoms in total. The number of imide groups is 1. The van der Waals surface area contributed by atoms with Crippen LogP contribution in [0.1, 0.15) is 45.0 Å². The lowest BCUT2D eigenvalue weighted by Crippen LogP contribution is -2.46. The summed E-state index contributed by atoms with van der Waals surface area (Å²) in [6.07, 6.45) is 10.2. The van der Waals surface area contributed by atoms with Gasteiger partial charge in [-0.25, -0.2) is 4.98 Å². The summed E-state index contributed by atoms with van der Waals surface area (Å²) in [6, 6.07) is 10.6. The van der Waals surface area contributed by atoms with Crippen LogP contribution >= 0.6 is 0 Å². The van der Waals surface area contributed by atoms with Gasteiger partial charge in [0, 0.05) is 30.8 Å². The molecule has 1 saturated heterocycles. The molecule has 2 unspecified atom stereocenters. The lowest BCUT2D eigenvalue weighted by Gasteiger charge is -2.33. The lowest BCUT2D eigenvalue weighted by molar-refractivity contribution is 0.0516. The van der Waals surface area contributed by atoms with Crippen molar-refractivity contribution in [2.24, 2.45) is 4.99 Å². The predicted octanol–water partition coefficient (Wildman–Crippen LogP) is 3.76. The maximum atomic E-state index is 13.4. The number of nitrogens with one attached hydrogen (secondary N) is 3. The number of H-pyrrole nitrogens is 2. The van der Waals surface area contributed by atoms with Crippen LogP contribution in [0, 0.1) is 0 Å². The molecule has 47 heavy (non-hydrogen) atoms. The van der Waals surface area contributed by atoms with Gasteiger partial charge in [-0.05, 0) is 68.9 Å². The van der Waals surface area contributed by atoms with Gasteiger partial charge in [0.15, 0.2) is 0 Å². The van der Waals surface area contributed by atoms with E-state index in [-0.39, 0.29) is 48.3 Å². The molecule has 2 atom stereocenters. The third-order valence-electron chi connectivity index (χ3n) is 9.33. The molecule has 12 heteroatoms. The van der Waals surface area contributed by atoms with E-state index in [1.54, 1.807) is 18.2 Å². The molecule has 0 radical (unpaired) electrons. The molecule has 0 spiro atoms. The van der Waals surface area contributed by atoms with Crippen LogP contribution in [0.4, 0.5) is 11.4 Å². The minimum atomic E-state index is -0.890. The quantitative estimate of drug-likeness (QED) is 0.214. The summed E-state index contributed by atoms with van der Waals surface area (Å²) in [5, 5.41) is 13.9. The highest BCUT2D eigenvalue weighted by atomic mass is 16.5. The molecule has 2 amide bonds. The number of anilines is 1. The molecular weight excluding hydrogens is 598 g/mol. The van der Waals surface area contributed by atoms with Crippen LogP contribution in [0.3, 0.4) is 0 Å². The Hall–Kier alpha value is -5.33. The van der Waals surface area contributed by atoms with E-state index >= 15 is 0 Å². The molecule has 4 aromatic rings. The van der Waals surface area contributed by atoms with E-state index in [2.05, 4.69) is 31.2 Å². The minimum Gasteiger partial charge on any atom is -0.491 e. The summed E-state index contributed by atoms with van der Waals surface area (Å²) < 4.78 is 5.88. The zero-order valence-electron chi connectivity index (χ0n) is 25.7. The number of rotatable bonds is 8. The Labute approximate surface area is 269 Å². The highest BCUT2D eigenvalue weighted by molar-refractivity contribution is 6.23. The Balaban J connectivity index is 0.965. The normalized spacial score (nSPS) is 19.6. The largest absolute Gasteiger partial charge is 0.491 e. The van der Waals surface area contributed by atoms with Crippen molar-refractivity contribution in [3.8, 4) is 17.1 Å². The average Bonchev–Trinajstić information content (AvgIpc) is 3.73. The smallest absolute Gasteiger partial charge is 0.261 e. The van der Waals surface area contributed by atoms with E-state index in [4.69, 9.17) is 9.73 Å². The second-order valence-electron chi connectivity index (χ2n) is 12.4. The van der Waals surface area contributed by atoms with Gasteiger partial charge < -0.3 is 30.0 Å². The number of amides is 2. The number of hydrogen-bond donors (Lipinski definition) is 4. The van der Waals surface area contributed by atoms with Crippen LogP contribution < -0.4 is 15.6 Å². The Kier molecular flexibility index (Phi) is 7.11. The molecule has 1 fully saturated rings.